The van der Waals surface area contributed by atoms with Crippen molar-refractivity contribution in [3.05, 3.63) is 66.5 Å². The Hall–Kier alpha value is -3.06. The van der Waals surface area contributed by atoms with Crippen LogP contribution in [-0.4, -0.2) is 36.5 Å². The number of likely N-dealkylation sites (tertiary alicyclic amines) is 1. The molecule has 0 amide bonds. The summed E-state index contributed by atoms with van der Waals surface area (Å²) < 4.78 is 0. The van der Waals surface area contributed by atoms with Gasteiger partial charge < -0.3 is 10.4 Å². The molecule has 2 aromatic heterocycles. The molecular weight excluding hydrogens is 328 g/mol. The third-order valence-corrected chi connectivity index (χ3v) is 4.52. The smallest absolute Gasteiger partial charge is 0.227 e. The van der Waals surface area contributed by atoms with E-state index in [4.69, 9.17) is 4.98 Å². The molecule has 1 fully saturated rings. The van der Waals surface area contributed by atoms with Crippen LogP contribution in [0.15, 0.2) is 55.2 Å². The van der Waals surface area contributed by atoms with E-state index in [0.717, 1.165) is 37.3 Å². The maximum absolute atomic E-state index is 9.45. The Bertz CT molecular complexity index is 855. The zero-order chi connectivity index (χ0) is 17.8. The number of benzene rings is 1. The molecule has 1 aromatic carbocycles. The van der Waals surface area contributed by atoms with Crippen LogP contribution < -0.4 is 5.32 Å². The van der Waals surface area contributed by atoms with Gasteiger partial charge in [-0.05, 0) is 43.1 Å². The number of aromatic hydroxyl groups is 1. The van der Waals surface area contributed by atoms with Crippen molar-refractivity contribution in [2.24, 2.45) is 0 Å². The highest BCUT2D eigenvalue weighted by atomic mass is 16.3. The summed E-state index contributed by atoms with van der Waals surface area (Å²) in [5.74, 6) is 0.844. The predicted molar refractivity (Wildman–Crippen MR) is 97.8 cm³/mol. The number of hydrogen-bond acceptors (Lipinski definition) is 7. The van der Waals surface area contributed by atoms with Crippen molar-refractivity contribution < 1.29 is 5.11 Å². The minimum absolute atomic E-state index is 0.263. The Labute approximate surface area is 151 Å². The van der Waals surface area contributed by atoms with Gasteiger partial charge in [-0.2, -0.15) is 0 Å². The number of rotatable bonds is 5. The highest BCUT2D eigenvalue weighted by molar-refractivity contribution is 5.49. The molecule has 0 saturated carbocycles. The molecule has 1 unspecified atom stereocenters. The number of phenols is 1. The maximum Gasteiger partial charge on any atom is 0.227 e. The van der Waals surface area contributed by atoms with E-state index >= 15 is 0 Å². The molecule has 3 aromatic rings. The lowest BCUT2D eigenvalue weighted by molar-refractivity contribution is 0.244. The molecule has 0 bridgehead atoms. The summed E-state index contributed by atoms with van der Waals surface area (Å²) in [4.78, 5) is 19.4. The number of phenolic OH excluding ortho intramolecular Hbond substituents is 1. The summed E-state index contributed by atoms with van der Waals surface area (Å²) in [6.07, 6.45) is 8.87. The molecule has 7 heteroatoms. The van der Waals surface area contributed by atoms with E-state index in [1.165, 1.54) is 11.9 Å². The first-order valence-corrected chi connectivity index (χ1v) is 8.65. The Morgan fingerprint density at radius 2 is 1.92 bits per heavy atom. The van der Waals surface area contributed by atoms with E-state index in [2.05, 4.69) is 25.2 Å². The summed E-state index contributed by atoms with van der Waals surface area (Å²) in [5, 5.41) is 12.6. The first kappa shape index (κ1) is 16.4. The molecule has 0 aliphatic carbocycles. The van der Waals surface area contributed by atoms with Crippen LogP contribution in [0.3, 0.4) is 0 Å². The molecule has 0 radical (unpaired) electrons. The molecular formula is C19H20N6O. The normalized spacial score (nSPS) is 17.3. The van der Waals surface area contributed by atoms with E-state index in [-0.39, 0.29) is 6.04 Å². The highest BCUT2D eigenvalue weighted by Crippen LogP contribution is 2.32. The number of nitrogens with one attached hydrogen (secondary N) is 1. The van der Waals surface area contributed by atoms with Gasteiger partial charge in [-0.15, -0.1) is 0 Å². The van der Waals surface area contributed by atoms with E-state index in [1.54, 1.807) is 30.7 Å². The van der Waals surface area contributed by atoms with Crippen LogP contribution in [0.1, 0.15) is 30.1 Å². The van der Waals surface area contributed by atoms with Gasteiger partial charge >= 0.3 is 0 Å². The standard InChI is InChI=1S/C19H20N6O/c26-16-5-3-14(4-6-16)12-25-9-1-2-18(25)17-7-8-22-19(24-17)23-15-10-20-13-21-11-15/h3-8,10-11,13,18,26H,1-2,9,12H2,(H,22,23,24). The van der Waals surface area contributed by atoms with Gasteiger partial charge in [-0.25, -0.2) is 19.9 Å². The third kappa shape index (κ3) is 3.78. The topological polar surface area (TPSA) is 87.1 Å². The molecule has 1 atom stereocenters. The summed E-state index contributed by atoms with van der Waals surface area (Å²) in [7, 11) is 0. The van der Waals surface area contributed by atoms with Crippen molar-refractivity contribution in [3.8, 4) is 5.75 Å². The van der Waals surface area contributed by atoms with Gasteiger partial charge in [0.25, 0.3) is 0 Å². The van der Waals surface area contributed by atoms with Crippen molar-refractivity contribution in [2.75, 3.05) is 11.9 Å². The number of hydrogen-bond donors (Lipinski definition) is 2. The number of aromatic nitrogens is 4. The van der Waals surface area contributed by atoms with Gasteiger partial charge in [0.1, 0.15) is 12.1 Å². The fraction of sp³-hybridized carbons (Fsp3) is 0.263. The van der Waals surface area contributed by atoms with E-state index in [1.807, 2.05) is 18.2 Å². The summed E-state index contributed by atoms with van der Waals surface area (Å²) in [6, 6.07) is 9.64. The van der Waals surface area contributed by atoms with Crippen LogP contribution in [0.5, 0.6) is 5.75 Å². The SMILES string of the molecule is Oc1ccc(CN2CCCC2c2ccnc(Nc3cncnc3)n2)cc1. The number of anilines is 2. The minimum atomic E-state index is 0.263. The summed E-state index contributed by atoms with van der Waals surface area (Å²) in [5.41, 5.74) is 2.95. The fourth-order valence-electron chi connectivity index (χ4n) is 3.30. The van der Waals surface area contributed by atoms with Crippen LogP contribution in [-0.2, 0) is 6.54 Å². The molecule has 1 aliphatic heterocycles. The monoisotopic (exact) mass is 348 g/mol. The van der Waals surface area contributed by atoms with Gasteiger partial charge in [0.15, 0.2) is 0 Å². The summed E-state index contributed by atoms with van der Waals surface area (Å²) >= 11 is 0. The average molecular weight is 348 g/mol. The van der Waals surface area contributed by atoms with Crippen molar-refractivity contribution in [3.63, 3.8) is 0 Å². The minimum Gasteiger partial charge on any atom is -0.508 e. The largest absolute Gasteiger partial charge is 0.508 e. The van der Waals surface area contributed by atoms with Gasteiger partial charge in [0.2, 0.25) is 5.95 Å². The van der Waals surface area contributed by atoms with Crippen molar-refractivity contribution >= 4 is 11.6 Å². The molecule has 7 nitrogen and oxygen atoms in total. The fourth-order valence-corrected chi connectivity index (χ4v) is 3.30. The van der Waals surface area contributed by atoms with Crippen molar-refractivity contribution in [1.29, 1.82) is 0 Å². The lowest BCUT2D eigenvalue weighted by atomic mass is 10.1. The first-order valence-electron chi connectivity index (χ1n) is 8.65. The Kier molecular flexibility index (Phi) is 4.70. The zero-order valence-corrected chi connectivity index (χ0v) is 14.3. The predicted octanol–water partition coefficient (Wildman–Crippen LogP) is 3.05. The van der Waals surface area contributed by atoms with E-state index in [0.29, 0.717) is 11.7 Å². The highest BCUT2D eigenvalue weighted by Gasteiger charge is 2.27. The van der Waals surface area contributed by atoms with Gasteiger partial charge in [0.05, 0.1) is 29.8 Å². The molecule has 26 heavy (non-hydrogen) atoms. The lowest BCUT2D eigenvalue weighted by Crippen LogP contribution is -2.23. The van der Waals surface area contributed by atoms with Gasteiger partial charge in [-0.3, -0.25) is 4.90 Å². The van der Waals surface area contributed by atoms with Crippen LogP contribution in [0.25, 0.3) is 0 Å². The van der Waals surface area contributed by atoms with Gasteiger partial charge in [-0.1, -0.05) is 12.1 Å². The van der Waals surface area contributed by atoms with Gasteiger partial charge in [0, 0.05) is 12.7 Å². The first-order chi connectivity index (χ1) is 12.8. The molecule has 1 aliphatic rings. The maximum atomic E-state index is 9.45. The molecule has 3 heterocycles. The molecule has 132 valence electrons. The summed E-state index contributed by atoms with van der Waals surface area (Å²) in [6.45, 7) is 1.87. The van der Waals surface area contributed by atoms with Crippen molar-refractivity contribution in [1.82, 2.24) is 24.8 Å². The Morgan fingerprint density at radius 3 is 2.73 bits per heavy atom. The second-order valence-corrected chi connectivity index (χ2v) is 6.35. The average Bonchev–Trinajstić information content (AvgIpc) is 3.13. The van der Waals surface area contributed by atoms with Crippen molar-refractivity contribution in [2.45, 2.75) is 25.4 Å². The second kappa shape index (κ2) is 7.45. The molecule has 2 N–H and O–H groups in total. The molecule has 4 rings (SSSR count). The Balaban J connectivity index is 1.50. The Morgan fingerprint density at radius 1 is 1.12 bits per heavy atom. The van der Waals surface area contributed by atoms with E-state index in [9.17, 15) is 5.11 Å². The third-order valence-electron chi connectivity index (χ3n) is 4.52. The number of nitrogens with zero attached hydrogens (tertiary/aromatic N) is 5. The van der Waals surface area contributed by atoms with Crippen LogP contribution in [0.4, 0.5) is 11.6 Å². The van der Waals surface area contributed by atoms with Crippen LogP contribution in [0, 0.1) is 0 Å². The van der Waals surface area contributed by atoms with E-state index < -0.39 is 0 Å². The quantitative estimate of drug-likeness (QED) is 0.733. The van der Waals surface area contributed by atoms with Crippen LogP contribution >= 0.6 is 0 Å². The lowest BCUT2D eigenvalue weighted by Gasteiger charge is -2.24. The molecule has 0 spiro atoms. The second-order valence-electron chi connectivity index (χ2n) is 6.35. The molecule has 1 saturated heterocycles. The zero-order valence-electron chi connectivity index (χ0n) is 14.3. The van der Waals surface area contributed by atoms with Crippen LogP contribution in [0.2, 0.25) is 0 Å².